The first-order chi connectivity index (χ1) is 9.26. The molecule has 2 aromatic rings. The second kappa shape index (κ2) is 6.98. The lowest BCUT2D eigenvalue weighted by Gasteiger charge is -2.11. The van der Waals surface area contributed by atoms with Gasteiger partial charge in [0, 0.05) is 29.2 Å². The summed E-state index contributed by atoms with van der Waals surface area (Å²) >= 11 is 3.29. The molecule has 0 aliphatic heterocycles. The minimum absolute atomic E-state index is 0.194. The largest absolute Gasteiger partial charge is 0.396 e. The van der Waals surface area contributed by atoms with Gasteiger partial charge in [0.1, 0.15) is 0 Å². The van der Waals surface area contributed by atoms with Gasteiger partial charge in [-0.1, -0.05) is 11.8 Å². The predicted octanol–water partition coefficient (Wildman–Crippen LogP) is 2.44. The van der Waals surface area contributed by atoms with Crippen molar-refractivity contribution < 1.29 is 5.11 Å². The number of aliphatic hydroxyl groups is 1. The molecule has 0 saturated heterocycles. The van der Waals surface area contributed by atoms with Crippen molar-refractivity contribution in [1.82, 2.24) is 14.5 Å². The number of rotatable bonds is 6. The van der Waals surface area contributed by atoms with Crippen LogP contribution in [0.1, 0.15) is 11.3 Å². The molecule has 2 rings (SSSR count). The van der Waals surface area contributed by atoms with E-state index in [9.17, 15) is 0 Å². The van der Waals surface area contributed by atoms with Gasteiger partial charge in [-0.15, -0.1) is 11.8 Å². The Hall–Kier alpha value is -0.980. The molecule has 0 aromatic carbocycles. The average molecular weight is 295 g/mol. The summed E-state index contributed by atoms with van der Waals surface area (Å²) < 4.78 is 2.10. The lowest BCUT2D eigenvalue weighted by Crippen LogP contribution is -2.05. The first kappa shape index (κ1) is 14.4. The maximum absolute atomic E-state index is 8.91. The highest BCUT2D eigenvalue weighted by molar-refractivity contribution is 7.99. The summed E-state index contributed by atoms with van der Waals surface area (Å²) in [5, 5.41) is 9.91. The number of nitrogens with zero attached hydrogens (tertiary/aromatic N) is 3. The maximum Gasteiger partial charge on any atom is 0.168 e. The number of aliphatic hydroxyl groups excluding tert-OH is 1. The highest BCUT2D eigenvalue weighted by Gasteiger charge is 2.08. The van der Waals surface area contributed by atoms with E-state index in [0.29, 0.717) is 5.75 Å². The van der Waals surface area contributed by atoms with E-state index in [-0.39, 0.29) is 6.61 Å². The molecule has 0 aliphatic rings. The van der Waals surface area contributed by atoms with E-state index in [0.717, 1.165) is 17.4 Å². The number of hydrogen-bond acceptors (Lipinski definition) is 5. The second-order valence-corrected chi connectivity index (χ2v) is 5.90. The molecule has 0 aliphatic carbocycles. The maximum atomic E-state index is 8.91. The summed E-state index contributed by atoms with van der Waals surface area (Å²) in [4.78, 5) is 9.94. The van der Waals surface area contributed by atoms with Gasteiger partial charge in [-0.05, 0) is 24.8 Å². The van der Waals surface area contributed by atoms with Crippen LogP contribution < -0.4 is 0 Å². The predicted molar refractivity (Wildman–Crippen MR) is 79.9 cm³/mol. The van der Waals surface area contributed by atoms with Gasteiger partial charge >= 0.3 is 0 Å². The van der Waals surface area contributed by atoms with E-state index in [4.69, 9.17) is 5.11 Å². The van der Waals surface area contributed by atoms with Crippen LogP contribution in [-0.2, 0) is 6.54 Å². The van der Waals surface area contributed by atoms with Gasteiger partial charge in [-0.3, -0.25) is 4.98 Å². The van der Waals surface area contributed by atoms with Crippen molar-refractivity contribution in [3.8, 4) is 0 Å². The Morgan fingerprint density at radius 1 is 1.32 bits per heavy atom. The third-order valence-electron chi connectivity index (χ3n) is 2.79. The third-order valence-corrected chi connectivity index (χ3v) is 4.63. The van der Waals surface area contributed by atoms with Crippen LogP contribution >= 0.6 is 23.5 Å². The molecule has 6 heteroatoms. The zero-order chi connectivity index (χ0) is 13.7. The Labute approximate surface area is 121 Å². The van der Waals surface area contributed by atoms with Crippen LogP contribution in [-0.4, -0.2) is 38.3 Å². The summed E-state index contributed by atoms with van der Waals surface area (Å²) in [5.74, 6) is 0.714. The van der Waals surface area contributed by atoms with Crippen molar-refractivity contribution in [2.75, 3.05) is 18.6 Å². The molecule has 4 nitrogen and oxygen atoms in total. The second-order valence-electron chi connectivity index (χ2n) is 3.99. The summed E-state index contributed by atoms with van der Waals surface area (Å²) in [5.41, 5.74) is 2.23. The Bertz CT molecular complexity index is 542. The van der Waals surface area contributed by atoms with Crippen LogP contribution in [0, 0.1) is 6.92 Å². The van der Waals surface area contributed by atoms with Crippen molar-refractivity contribution in [2.45, 2.75) is 23.5 Å². The zero-order valence-electron chi connectivity index (χ0n) is 11.0. The monoisotopic (exact) mass is 295 g/mol. The quantitative estimate of drug-likeness (QED) is 0.830. The van der Waals surface area contributed by atoms with Crippen LogP contribution in [0.5, 0.6) is 0 Å². The Balaban J connectivity index is 2.21. The van der Waals surface area contributed by atoms with E-state index < -0.39 is 0 Å². The van der Waals surface area contributed by atoms with E-state index in [2.05, 4.69) is 21.5 Å². The van der Waals surface area contributed by atoms with Gasteiger partial charge in [0.15, 0.2) is 5.16 Å². The van der Waals surface area contributed by atoms with Crippen LogP contribution in [0.4, 0.5) is 0 Å². The van der Waals surface area contributed by atoms with Crippen LogP contribution in [0.25, 0.3) is 0 Å². The number of hydrogen-bond donors (Lipinski definition) is 1. The van der Waals surface area contributed by atoms with Gasteiger partial charge in [0.05, 0.1) is 18.8 Å². The Morgan fingerprint density at radius 2 is 2.16 bits per heavy atom. The molecule has 0 fully saturated rings. The lowest BCUT2D eigenvalue weighted by molar-refractivity contribution is 0.322. The lowest BCUT2D eigenvalue weighted by atomic mass is 10.2. The summed E-state index contributed by atoms with van der Waals surface area (Å²) in [6.45, 7) is 3.01. The van der Waals surface area contributed by atoms with Gasteiger partial charge in [-0.25, -0.2) is 4.98 Å². The molecule has 0 spiro atoms. The summed E-state index contributed by atoms with van der Waals surface area (Å²) in [6, 6.07) is 2.00. The molecule has 19 heavy (non-hydrogen) atoms. The molecule has 1 N–H and O–H groups in total. The number of pyridine rings is 1. The Morgan fingerprint density at radius 3 is 2.89 bits per heavy atom. The van der Waals surface area contributed by atoms with Crippen molar-refractivity contribution in [1.29, 1.82) is 0 Å². The first-order valence-corrected chi connectivity index (χ1v) is 8.20. The van der Waals surface area contributed by atoms with Gasteiger partial charge in [0.25, 0.3) is 0 Å². The molecule has 102 valence electrons. The van der Waals surface area contributed by atoms with Crippen LogP contribution in [0.2, 0.25) is 0 Å². The summed E-state index contributed by atoms with van der Waals surface area (Å²) in [7, 11) is 0. The van der Waals surface area contributed by atoms with Crippen molar-refractivity contribution in [2.24, 2.45) is 0 Å². The van der Waals surface area contributed by atoms with Crippen molar-refractivity contribution >= 4 is 23.5 Å². The van der Waals surface area contributed by atoms with E-state index in [1.807, 2.05) is 30.9 Å². The highest BCUT2D eigenvalue weighted by Crippen LogP contribution is 2.24. The average Bonchev–Trinajstić information content (AvgIpc) is 2.87. The molecule has 0 unspecified atom stereocenters. The molecule has 0 atom stereocenters. The molecule has 0 saturated carbocycles. The molecular weight excluding hydrogens is 278 g/mol. The molecule has 0 amide bonds. The fourth-order valence-corrected chi connectivity index (χ4v) is 3.13. The molecule has 2 heterocycles. The number of aromatic nitrogens is 3. The fourth-order valence-electron chi connectivity index (χ4n) is 1.80. The van der Waals surface area contributed by atoms with E-state index in [1.54, 1.807) is 23.5 Å². The zero-order valence-corrected chi connectivity index (χ0v) is 12.7. The van der Waals surface area contributed by atoms with Crippen LogP contribution in [0.3, 0.4) is 0 Å². The molecule has 2 aromatic heterocycles. The summed E-state index contributed by atoms with van der Waals surface area (Å²) in [6.07, 6.45) is 7.64. The molecule has 0 radical (unpaired) electrons. The normalized spacial score (nSPS) is 10.9. The van der Waals surface area contributed by atoms with Crippen molar-refractivity contribution in [3.63, 3.8) is 0 Å². The SMILES string of the molecule is CSc1nccn1Cc1nccc(SCCO)c1C. The molecular formula is C13H17N3OS2. The smallest absolute Gasteiger partial charge is 0.168 e. The molecule has 0 bridgehead atoms. The van der Waals surface area contributed by atoms with Gasteiger partial charge in [0.2, 0.25) is 0 Å². The van der Waals surface area contributed by atoms with Gasteiger partial charge in [-0.2, -0.15) is 0 Å². The standard InChI is InChI=1S/C13H17N3OS2/c1-10-11(9-16-6-5-15-13(16)18-2)14-4-3-12(10)19-8-7-17/h3-6,17H,7-9H2,1-2H3. The number of imidazole rings is 1. The topological polar surface area (TPSA) is 50.9 Å². The van der Waals surface area contributed by atoms with Crippen LogP contribution in [0.15, 0.2) is 34.7 Å². The third kappa shape index (κ3) is 3.52. The first-order valence-electron chi connectivity index (χ1n) is 5.99. The van der Waals surface area contributed by atoms with E-state index in [1.165, 1.54) is 10.5 Å². The number of thioether (sulfide) groups is 2. The minimum atomic E-state index is 0.194. The fraction of sp³-hybridized carbons (Fsp3) is 0.385. The Kier molecular flexibility index (Phi) is 5.30. The minimum Gasteiger partial charge on any atom is -0.396 e. The van der Waals surface area contributed by atoms with E-state index >= 15 is 0 Å². The van der Waals surface area contributed by atoms with Gasteiger partial charge < -0.3 is 9.67 Å². The van der Waals surface area contributed by atoms with Crippen molar-refractivity contribution in [3.05, 3.63) is 35.9 Å². The highest BCUT2D eigenvalue weighted by atomic mass is 32.2.